The fourth-order valence-electron chi connectivity index (χ4n) is 1.70. The summed E-state index contributed by atoms with van der Waals surface area (Å²) in [5.74, 6) is 0.928. The molecule has 18 heavy (non-hydrogen) atoms. The molecule has 0 aliphatic rings. The Morgan fingerprint density at radius 2 is 2.11 bits per heavy atom. The minimum Gasteiger partial charge on any atom is -0.492 e. The lowest BCUT2D eigenvalue weighted by Gasteiger charge is -2.14. The number of para-hydroxylation sites is 1. The van der Waals surface area contributed by atoms with E-state index in [1.54, 1.807) is 7.11 Å². The highest BCUT2D eigenvalue weighted by molar-refractivity contribution is 5.56. The second kappa shape index (κ2) is 8.72. The maximum absolute atomic E-state index is 5.76. The molecule has 0 saturated heterocycles. The molecule has 0 aliphatic carbocycles. The van der Waals surface area contributed by atoms with E-state index >= 15 is 0 Å². The Balaban J connectivity index is 2.35. The maximum atomic E-state index is 5.76. The van der Waals surface area contributed by atoms with Gasteiger partial charge in [-0.25, -0.2) is 0 Å². The summed E-state index contributed by atoms with van der Waals surface area (Å²) in [6.07, 6.45) is 4.07. The Labute approximate surface area is 110 Å². The van der Waals surface area contributed by atoms with Gasteiger partial charge >= 0.3 is 0 Å². The van der Waals surface area contributed by atoms with E-state index in [2.05, 4.69) is 24.4 Å². The van der Waals surface area contributed by atoms with Gasteiger partial charge in [0, 0.05) is 25.3 Å². The number of methoxy groups -OCH3 is 1. The first kappa shape index (κ1) is 14.7. The van der Waals surface area contributed by atoms with Crippen LogP contribution in [0.25, 0.3) is 6.08 Å². The molecule has 1 N–H and O–H groups in total. The van der Waals surface area contributed by atoms with Gasteiger partial charge in [0.05, 0.1) is 6.61 Å². The van der Waals surface area contributed by atoms with Gasteiger partial charge in [-0.1, -0.05) is 30.4 Å². The molecule has 0 saturated carbocycles. The third-order valence-corrected chi connectivity index (χ3v) is 2.53. The summed E-state index contributed by atoms with van der Waals surface area (Å²) in [4.78, 5) is 0. The lowest BCUT2D eigenvalue weighted by atomic mass is 10.2. The maximum Gasteiger partial charge on any atom is 0.126 e. The SMILES string of the molecule is C/C=C/c1ccccc1OCCNC(C)COC. The molecule has 0 fully saturated rings. The van der Waals surface area contributed by atoms with E-state index in [9.17, 15) is 0 Å². The van der Waals surface area contributed by atoms with Crippen LogP contribution in [0, 0.1) is 0 Å². The predicted molar refractivity (Wildman–Crippen MR) is 76.0 cm³/mol. The molecule has 100 valence electrons. The molecule has 0 radical (unpaired) electrons. The van der Waals surface area contributed by atoms with Crippen LogP contribution in [0.4, 0.5) is 0 Å². The zero-order chi connectivity index (χ0) is 13.2. The van der Waals surface area contributed by atoms with Crippen LogP contribution in [0.15, 0.2) is 30.3 Å². The van der Waals surface area contributed by atoms with Gasteiger partial charge < -0.3 is 14.8 Å². The summed E-state index contributed by atoms with van der Waals surface area (Å²) in [5.41, 5.74) is 1.12. The molecule has 1 unspecified atom stereocenters. The number of benzene rings is 1. The Morgan fingerprint density at radius 3 is 2.83 bits per heavy atom. The Kier molecular flexibility index (Phi) is 7.14. The lowest BCUT2D eigenvalue weighted by molar-refractivity contribution is 0.169. The molecule has 0 spiro atoms. The number of hydrogen-bond donors (Lipinski definition) is 1. The number of ether oxygens (including phenoxy) is 2. The van der Waals surface area contributed by atoms with Crippen LogP contribution in [-0.2, 0) is 4.74 Å². The summed E-state index contributed by atoms with van der Waals surface area (Å²) in [5, 5.41) is 3.34. The summed E-state index contributed by atoms with van der Waals surface area (Å²) < 4.78 is 10.8. The van der Waals surface area contributed by atoms with Crippen LogP contribution in [0.2, 0.25) is 0 Å². The highest BCUT2D eigenvalue weighted by Gasteiger charge is 2.01. The average molecular weight is 249 g/mol. The minimum absolute atomic E-state index is 0.351. The van der Waals surface area contributed by atoms with Crippen LogP contribution in [0.5, 0.6) is 5.75 Å². The highest BCUT2D eigenvalue weighted by Crippen LogP contribution is 2.19. The smallest absolute Gasteiger partial charge is 0.126 e. The van der Waals surface area contributed by atoms with Gasteiger partial charge in [-0.05, 0) is 19.9 Å². The van der Waals surface area contributed by atoms with E-state index in [4.69, 9.17) is 9.47 Å². The van der Waals surface area contributed by atoms with Crippen molar-refractivity contribution in [2.45, 2.75) is 19.9 Å². The van der Waals surface area contributed by atoms with Crippen molar-refractivity contribution in [3.05, 3.63) is 35.9 Å². The van der Waals surface area contributed by atoms with Crippen molar-refractivity contribution in [2.75, 3.05) is 26.9 Å². The molecule has 1 aromatic carbocycles. The van der Waals surface area contributed by atoms with E-state index in [0.717, 1.165) is 24.5 Å². The molecule has 1 atom stereocenters. The average Bonchev–Trinajstić information content (AvgIpc) is 2.37. The van der Waals surface area contributed by atoms with Crippen LogP contribution < -0.4 is 10.1 Å². The monoisotopic (exact) mass is 249 g/mol. The molecule has 3 heteroatoms. The number of nitrogens with one attached hydrogen (secondary N) is 1. The normalized spacial score (nSPS) is 12.8. The molecule has 0 bridgehead atoms. The summed E-state index contributed by atoms with van der Waals surface area (Å²) >= 11 is 0. The van der Waals surface area contributed by atoms with Crippen LogP contribution in [0.1, 0.15) is 19.4 Å². The van der Waals surface area contributed by atoms with Gasteiger partial charge in [0.2, 0.25) is 0 Å². The summed E-state index contributed by atoms with van der Waals surface area (Å²) in [7, 11) is 1.71. The quantitative estimate of drug-likeness (QED) is 0.719. The molecule has 0 amide bonds. The zero-order valence-corrected chi connectivity index (χ0v) is 11.5. The van der Waals surface area contributed by atoms with E-state index in [1.807, 2.05) is 31.2 Å². The molecule has 3 nitrogen and oxygen atoms in total. The van der Waals surface area contributed by atoms with Crippen molar-refractivity contribution < 1.29 is 9.47 Å². The van der Waals surface area contributed by atoms with Crippen molar-refractivity contribution in [3.63, 3.8) is 0 Å². The second-order valence-corrected chi connectivity index (χ2v) is 4.20. The third-order valence-electron chi connectivity index (χ3n) is 2.53. The van der Waals surface area contributed by atoms with Crippen molar-refractivity contribution in [2.24, 2.45) is 0 Å². The van der Waals surface area contributed by atoms with E-state index in [1.165, 1.54) is 0 Å². The van der Waals surface area contributed by atoms with Gasteiger partial charge in [-0.15, -0.1) is 0 Å². The first-order chi connectivity index (χ1) is 8.77. The fourth-order valence-corrected chi connectivity index (χ4v) is 1.70. The second-order valence-electron chi connectivity index (χ2n) is 4.20. The highest BCUT2D eigenvalue weighted by atomic mass is 16.5. The first-order valence-electron chi connectivity index (χ1n) is 6.34. The van der Waals surface area contributed by atoms with E-state index < -0.39 is 0 Å². The minimum atomic E-state index is 0.351. The number of rotatable bonds is 8. The van der Waals surface area contributed by atoms with Crippen molar-refractivity contribution in [3.8, 4) is 5.75 Å². The Morgan fingerprint density at radius 1 is 1.33 bits per heavy atom. The molecular formula is C15H23NO2. The lowest BCUT2D eigenvalue weighted by Crippen LogP contribution is -2.33. The van der Waals surface area contributed by atoms with Crippen LogP contribution in [0.3, 0.4) is 0 Å². The molecule has 0 aliphatic heterocycles. The van der Waals surface area contributed by atoms with Gasteiger partial charge in [-0.3, -0.25) is 0 Å². The number of hydrogen-bond acceptors (Lipinski definition) is 3. The molecule has 1 aromatic rings. The van der Waals surface area contributed by atoms with E-state index in [-0.39, 0.29) is 0 Å². The van der Waals surface area contributed by atoms with Gasteiger partial charge in [0.25, 0.3) is 0 Å². The molecule has 0 aromatic heterocycles. The third kappa shape index (κ3) is 5.34. The summed E-state index contributed by atoms with van der Waals surface area (Å²) in [6.45, 7) is 6.29. The number of allylic oxidation sites excluding steroid dienone is 1. The fraction of sp³-hybridized carbons (Fsp3) is 0.467. The molecular weight excluding hydrogens is 226 g/mol. The van der Waals surface area contributed by atoms with Crippen LogP contribution in [-0.4, -0.2) is 32.9 Å². The van der Waals surface area contributed by atoms with Crippen LogP contribution >= 0.6 is 0 Å². The topological polar surface area (TPSA) is 30.5 Å². The zero-order valence-electron chi connectivity index (χ0n) is 11.5. The predicted octanol–water partition coefficient (Wildman–Crippen LogP) is 2.72. The van der Waals surface area contributed by atoms with Gasteiger partial charge in [0.1, 0.15) is 12.4 Å². The molecule has 1 rings (SSSR count). The van der Waals surface area contributed by atoms with Crippen molar-refractivity contribution >= 4 is 6.08 Å². The largest absolute Gasteiger partial charge is 0.492 e. The standard InChI is InChI=1S/C15H23NO2/c1-4-7-14-8-5-6-9-15(14)18-11-10-16-13(2)12-17-3/h4-9,13,16H,10-12H2,1-3H3/b7-4+. The van der Waals surface area contributed by atoms with Gasteiger partial charge in [0.15, 0.2) is 0 Å². The Bertz CT molecular complexity index is 363. The summed E-state index contributed by atoms with van der Waals surface area (Å²) in [6, 6.07) is 8.40. The molecule has 0 heterocycles. The first-order valence-corrected chi connectivity index (χ1v) is 6.34. The van der Waals surface area contributed by atoms with Crippen molar-refractivity contribution in [1.29, 1.82) is 0 Å². The van der Waals surface area contributed by atoms with E-state index in [0.29, 0.717) is 12.6 Å². The van der Waals surface area contributed by atoms with Crippen molar-refractivity contribution in [1.82, 2.24) is 5.32 Å². The Hall–Kier alpha value is -1.32. The van der Waals surface area contributed by atoms with Gasteiger partial charge in [-0.2, -0.15) is 0 Å².